The van der Waals surface area contributed by atoms with Crippen molar-refractivity contribution in [2.45, 2.75) is 4.90 Å². The predicted molar refractivity (Wildman–Crippen MR) is 81.4 cm³/mol. The van der Waals surface area contributed by atoms with Crippen molar-refractivity contribution in [1.82, 2.24) is 19.7 Å². The molecule has 0 aliphatic heterocycles. The fourth-order valence-electron chi connectivity index (χ4n) is 1.74. The average molecular weight is 336 g/mol. The fraction of sp³-hybridized carbons (Fsp3) is 0. The van der Waals surface area contributed by atoms with Crippen LogP contribution in [-0.2, 0) is 10.0 Å². The van der Waals surface area contributed by atoms with Crippen LogP contribution in [0.4, 0.5) is 5.82 Å². The van der Waals surface area contributed by atoms with Crippen LogP contribution < -0.4 is 4.72 Å². The summed E-state index contributed by atoms with van der Waals surface area (Å²) in [5, 5.41) is 4.49. The third kappa shape index (κ3) is 3.07. The Kier molecular flexibility index (Phi) is 3.78. The van der Waals surface area contributed by atoms with E-state index in [-0.39, 0.29) is 10.7 Å². The number of halogens is 1. The Morgan fingerprint density at radius 3 is 2.59 bits per heavy atom. The molecule has 112 valence electrons. The number of hydrogen-bond acceptors (Lipinski definition) is 5. The lowest BCUT2D eigenvalue weighted by atomic mass is 10.4. The van der Waals surface area contributed by atoms with E-state index >= 15 is 0 Å². The minimum atomic E-state index is -3.74. The largest absolute Gasteiger partial charge is 0.263 e. The molecule has 1 aromatic carbocycles. The quantitative estimate of drug-likeness (QED) is 0.788. The van der Waals surface area contributed by atoms with Gasteiger partial charge in [0, 0.05) is 23.5 Å². The zero-order valence-electron chi connectivity index (χ0n) is 11.1. The lowest BCUT2D eigenvalue weighted by molar-refractivity contribution is 0.601. The molecule has 9 heteroatoms. The second kappa shape index (κ2) is 5.74. The van der Waals surface area contributed by atoms with Crippen molar-refractivity contribution in [1.29, 1.82) is 0 Å². The predicted octanol–water partition coefficient (Wildman–Crippen LogP) is 2.12. The summed E-state index contributed by atoms with van der Waals surface area (Å²) in [6.45, 7) is 0. The van der Waals surface area contributed by atoms with Gasteiger partial charge in [0.25, 0.3) is 10.0 Å². The molecule has 0 aliphatic carbocycles. The van der Waals surface area contributed by atoms with Crippen LogP contribution >= 0.6 is 11.6 Å². The third-order valence-electron chi connectivity index (χ3n) is 2.75. The molecule has 2 heterocycles. The number of benzene rings is 1. The van der Waals surface area contributed by atoms with E-state index in [4.69, 9.17) is 11.6 Å². The standard InChI is InChI=1S/C13H10ClN5O2S/c14-10-2-4-11(5-3-10)22(20,21)18-12-8-13(16-9-15-12)19-7-1-6-17-19/h1-9H,(H,15,16,18). The van der Waals surface area contributed by atoms with Crippen LogP contribution in [0.15, 0.2) is 60.0 Å². The molecule has 3 rings (SSSR count). The van der Waals surface area contributed by atoms with Gasteiger partial charge in [-0.15, -0.1) is 0 Å². The Bertz CT molecular complexity index is 879. The van der Waals surface area contributed by atoms with E-state index in [2.05, 4.69) is 19.8 Å². The molecule has 0 saturated heterocycles. The average Bonchev–Trinajstić information content (AvgIpc) is 3.02. The highest BCUT2D eigenvalue weighted by molar-refractivity contribution is 7.92. The highest BCUT2D eigenvalue weighted by Gasteiger charge is 2.15. The van der Waals surface area contributed by atoms with E-state index in [1.807, 2.05) is 0 Å². The number of nitrogens with one attached hydrogen (secondary N) is 1. The Morgan fingerprint density at radius 2 is 1.91 bits per heavy atom. The van der Waals surface area contributed by atoms with Crippen LogP contribution in [0.25, 0.3) is 5.82 Å². The van der Waals surface area contributed by atoms with Gasteiger partial charge in [0.15, 0.2) is 5.82 Å². The maximum atomic E-state index is 12.3. The Hall–Kier alpha value is -2.45. The molecule has 7 nitrogen and oxygen atoms in total. The van der Waals surface area contributed by atoms with Crippen LogP contribution in [0.5, 0.6) is 0 Å². The van der Waals surface area contributed by atoms with Gasteiger partial charge in [-0.1, -0.05) is 11.6 Å². The molecule has 0 fully saturated rings. The van der Waals surface area contributed by atoms with Crippen LogP contribution in [0.2, 0.25) is 5.02 Å². The van der Waals surface area contributed by atoms with Crippen molar-refractivity contribution >= 4 is 27.4 Å². The summed E-state index contributed by atoms with van der Waals surface area (Å²) in [5.74, 6) is 0.601. The van der Waals surface area contributed by atoms with Crippen molar-refractivity contribution in [3.8, 4) is 5.82 Å². The molecule has 0 saturated carbocycles. The van der Waals surface area contributed by atoms with Gasteiger partial charge in [0.2, 0.25) is 0 Å². The first-order chi connectivity index (χ1) is 10.5. The molecular weight excluding hydrogens is 326 g/mol. The number of rotatable bonds is 4. The van der Waals surface area contributed by atoms with Crippen LogP contribution in [-0.4, -0.2) is 28.2 Å². The molecule has 0 aliphatic rings. The molecule has 0 bridgehead atoms. The molecule has 0 radical (unpaired) electrons. The molecule has 0 spiro atoms. The summed E-state index contributed by atoms with van der Waals surface area (Å²) < 4.78 is 28.4. The minimum absolute atomic E-state index is 0.0937. The number of aromatic nitrogens is 4. The maximum absolute atomic E-state index is 12.3. The van der Waals surface area contributed by atoms with Crippen LogP contribution in [0.3, 0.4) is 0 Å². The number of anilines is 1. The van der Waals surface area contributed by atoms with Crippen LogP contribution in [0, 0.1) is 0 Å². The van der Waals surface area contributed by atoms with E-state index in [0.29, 0.717) is 10.8 Å². The van der Waals surface area contributed by atoms with Gasteiger partial charge in [-0.3, -0.25) is 4.72 Å². The molecule has 3 aromatic rings. The summed E-state index contributed by atoms with van der Waals surface area (Å²) in [7, 11) is -3.74. The van der Waals surface area contributed by atoms with E-state index in [9.17, 15) is 8.42 Å². The van der Waals surface area contributed by atoms with E-state index in [1.165, 1.54) is 41.3 Å². The smallest absolute Gasteiger partial charge is 0.263 e. The first kappa shape index (κ1) is 14.5. The number of sulfonamides is 1. The summed E-state index contributed by atoms with van der Waals surface area (Å²) in [6, 6.07) is 9.07. The summed E-state index contributed by atoms with van der Waals surface area (Å²) >= 11 is 5.75. The van der Waals surface area contributed by atoms with Gasteiger partial charge >= 0.3 is 0 Å². The Labute approximate surface area is 131 Å². The van der Waals surface area contributed by atoms with Gasteiger partial charge in [-0.05, 0) is 30.3 Å². The summed E-state index contributed by atoms with van der Waals surface area (Å²) in [6.07, 6.45) is 4.55. The second-order valence-corrected chi connectivity index (χ2v) is 6.39. The normalized spacial score (nSPS) is 11.3. The maximum Gasteiger partial charge on any atom is 0.263 e. The molecule has 22 heavy (non-hydrogen) atoms. The number of hydrogen-bond donors (Lipinski definition) is 1. The molecule has 0 amide bonds. The highest BCUT2D eigenvalue weighted by atomic mass is 35.5. The number of nitrogens with zero attached hydrogens (tertiary/aromatic N) is 4. The SMILES string of the molecule is O=S(=O)(Nc1cc(-n2cccn2)ncn1)c1ccc(Cl)cc1. The minimum Gasteiger partial charge on any atom is -0.263 e. The lowest BCUT2D eigenvalue weighted by Gasteiger charge is -2.08. The van der Waals surface area contributed by atoms with Crippen LogP contribution in [0.1, 0.15) is 0 Å². The van der Waals surface area contributed by atoms with Crippen molar-refractivity contribution in [2.75, 3.05) is 4.72 Å². The Balaban J connectivity index is 1.89. The molecule has 1 N–H and O–H groups in total. The Morgan fingerprint density at radius 1 is 1.14 bits per heavy atom. The van der Waals surface area contributed by atoms with Crippen molar-refractivity contribution in [3.63, 3.8) is 0 Å². The van der Waals surface area contributed by atoms with E-state index in [1.54, 1.807) is 18.5 Å². The zero-order chi connectivity index (χ0) is 15.6. The third-order valence-corrected chi connectivity index (χ3v) is 4.38. The van der Waals surface area contributed by atoms with Gasteiger partial charge in [0.1, 0.15) is 12.1 Å². The van der Waals surface area contributed by atoms with Crippen molar-refractivity contribution < 1.29 is 8.42 Å². The van der Waals surface area contributed by atoms with Gasteiger partial charge in [0.05, 0.1) is 4.90 Å². The molecule has 0 unspecified atom stereocenters. The fourth-order valence-corrected chi connectivity index (χ4v) is 2.87. The van der Waals surface area contributed by atoms with Crippen molar-refractivity contribution in [3.05, 3.63) is 60.1 Å². The molecular formula is C13H10ClN5O2S. The van der Waals surface area contributed by atoms with Gasteiger partial charge in [-0.25, -0.2) is 23.1 Å². The molecule has 2 aromatic heterocycles. The topological polar surface area (TPSA) is 89.8 Å². The monoisotopic (exact) mass is 335 g/mol. The van der Waals surface area contributed by atoms with Gasteiger partial charge in [-0.2, -0.15) is 5.10 Å². The summed E-state index contributed by atoms with van der Waals surface area (Å²) in [4.78, 5) is 8.04. The first-order valence-corrected chi connectivity index (χ1v) is 8.01. The van der Waals surface area contributed by atoms with E-state index < -0.39 is 10.0 Å². The first-order valence-electron chi connectivity index (χ1n) is 6.15. The molecule has 0 atom stereocenters. The van der Waals surface area contributed by atoms with Crippen molar-refractivity contribution in [2.24, 2.45) is 0 Å². The van der Waals surface area contributed by atoms with E-state index in [0.717, 1.165) is 0 Å². The summed E-state index contributed by atoms with van der Waals surface area (Å²) in [5.41, 5.74) is 0. The lowest BCUT2D eigenvalue weighted by Crippen LogP contribution is -2.14. The highest BCUT2D eigenvalue weighted by Crippen LogP contribution is 2.17. The second-order valence-electron chi connectivity index (χ2n) is 4.27. The zero-order valence-corrected chi connectivity index (χ0v) is 12.7. The van der Waals surface area contributed by atoms with Gasteiger partial charge < -0.3 is 0 Å².